The summed E-state index contributed by atoms with van der Waals surface area (Å²) in [6.07, 6.45) is 0.319. The Morgan fingerprint density at radius 3 is 2.44 bits per heavy atom. The molecule has 2 aromatic carbocycles. The third kappa shape index (κ3) is 3.01. The standard InChI is InChI=1S/C14H10Cl2F2/c15-11-5-2-6-13(18)14(11)12(16)8-9-3-1-4-10(17)7-9/h1-7,12H,8H2. The van der Waals surface area contributed by atoms with E-state index >= 15 is 0 Å². The van der Waals surface area contributed by atoms with Crippen molar-refractivity contribution in [2.75, 3.05) is 0 Å². The fourth-order valence-electron chi connectivity index (χ4n) is 1.78. The van der Waals surface area contributed by atoms with E-state index in [2.05, 4.69) is 0 Å². The van der Waals surface area contributed by atoms with Crippen molar-refractivity contribution in [1.82, 2.24) is 0 Å². The van der Waals surface area contributed by atoms with Crippen molar-refractivity contribution < 1.29 is 8.78 Å². The normalized spacial score (nSPS) is 12.4. The maximum atomic E-state index is 13.6. The molecular weight excluding hydrogens is 277 g/mol. The van der Waals surface area contributed by atoms with Crippen LogP contribution < -0.4 is 0 Å². The maximum absolute atomic E-state index is 13.6. The third-order valence-electron chi connectivity index (χ3n) is 2.62. The van der Waals surface area contributed by atoms with Crippen molar-refractivity contribution in [3.05, 3.63) is 70.2 Å². The Morgan fingerprint density at radius 1 is 1.06 bits per heavy atom. The Balaban J connectivity index is 2.25. The molecule has 0 aliphatic carbocycles. The average molecular weight is 287 g/mol. The summed E-state index contributed by atoms with van der Waals surface area (Å²) in [4.78, 5) is 0. The smallest absolute Gasteiger partial charge is 0.129 e. The molecular formula is C14H10Cl2F2. The first-order valence-electron chi connectivity index (χ1n) is 5.40. The van der Waals surface area contributed by atoms with Crippen molar-refractivity contribution in [2.45, 2.75) is 11.8 Å². The Labute approximate surface area is 114 Å². The highest BCUT2D eigenvalue weighted by atomic mass is 35.5. The fourth-order valence-corrected chi connectivity index (χ4v) is 2.53. The maximum Gasteiger partial charge on any atom is 0.129 e. The molecule has 0 N–H and O–H groups in total. The van der Waals surface area contributed by atoms with Gasteiger partial charge in [0.2, 0.25) is 0 Å². The van der Waals surface area contributed by atoms with Gasteiger partial charge in [-0.3, -0.25) is 0 Å². The Bertz CT molecular complexity index is 535. The molecule has 0 radical (unpaired) electrons. The highest BCUT2D eigenvalue weighted by Gasteiger charge is 2.17. The van der Waals surface area contributed by atoms with Crippen LogP contribution in [0, 0.1) is 11.6 Å². The largest absolute Gasteiger partial charge is 0.207 e. The van der Waals surface area contributed by atoms with E-state index in [-0.39, 0.29) is 16.4 Å². The summed E-state index contributed by atoms with van der Waals surface area (Å²) in [7, 11) is 0. The molecule has 94 valence electrons. The van der Waals surface area contributed by atoms with Gasteiger partial charge in [-0.15, -0.1) is 11.6 Å². The molecule has 0 aromatic heterocycles. The second kappa shape index (κ2) is 5.68. The fraction of sp³-hybridized carbons (Fsp3) is 0.143. The minimum Gasteiger partial charge on any atom is -0.207 e. The van der Waals surface area contributed by atoms with Crippen molar-refractivity contribution in [2.24, 2.45) is 0 Å². The Kier molecular flexibility index (Phi) is 4.20. The van der Waals surface area contributed by atoms with Crippen molar-refractivity contribution in [3.63, 3.8) is 0 Å². The lowest BCUT2D eigenvalue weighted by Crippen LogP contribution is -2.00. The number of hydrogen-bond donors (Lipinski definition) is 0. The number of rotatable bonds is 3. The number of benzene rings is 2. The second-order valence-electron chi connectivity index (χ2n) is 3.94. The highest BCUT2D eigenvalue weighted by molar-refractivity contribution is 6.32. The highest BCUT2D eigenvalue weighted by Crippen LogP contribution is 2.32. The van der Waals surface area contributed by atoms with Crippen molar-refractivity contribution >= 4 is 23.2 Å². The molecule has 0 aliphatic heterocycles. The van der Waals surface area contributed by atoms with Crippen LogP contribution in [0.25, 0.3) is 0 Å². The number of alkyl halides is 1. The molecule has 0 saturated heterocycles. The minimum atomic E-state index is -0.625. The topological polar surface area (TPSA) is 0 Å². The number of halogens is 4. The van der Waals surface area contributed by atoms with Gasteiger partial charge in [-0.2, -0.15) is 0 Å². The summed E-state index contributed by atoms with van der Waals surface area (Å²) >= 11 is 12.1. The predicted octanol–water partition coefficient (Wildman–Crippen LogP) is 5.14. The summed E-state index contributed by atoms with van der Waals surface area (Å²) in [5.41, 5.74) is 0.958. The van der Waals surface area contributed by atoms with Gasteiger partial charge in [0.25, 0.3) is 0 Å². The molecule has 0 fully saturated rings. The molecule has 0 aliphatic rings. The second-order valence-corrected chi connectivity index (χ2v) is 4.87. The van der Waals surface area contributed by atoms with E-state index in [1.807, 2.05) is 0 Å². The van der Waals surface area contributed by atoms with Crippen molar-refractivity contribution in [3.8, 4) is 0 Å². The van der Waals surface area contributed by atoms with E-state index < -0.39 is 11.2 Å². The quantitative estimate of drug-likeness (QED) is 0.685. The van der Waals surface area contributed by atoms with Crippen LogP contribution in [0.3, 0.4) is 0 Å². The first-order chi connectivity index (χ1) is 8.58. The van der Waals surface area contributed by atoms with Crippen LogP contribution in [0.4, 0.5) is 8.78 Å². The van der Waals surface area contributed by atoms with Crippen LogP contribution in [0.1, 0.15) is 16.5 Å². The van der Waals surface area contributed by atoms with Gasteiger partial charge in [0.1, 0.15) is 11.6 Å². The lowest BCUT2D eigenvalue weighted by atomic mass is 10.0. The van der Waals surface area contributed by atoms with Crippen LogP contribution in [-0.2, 0) is 6.42 Å². The van der Waals surface area contributed by atoms with Gasteiger partial charge in [-0.05, 0) is 36.2 Å². The van der Waals surface area contributed by atoms with Gasteiger partial charge < -0.3 is 0 Å². The van der Waals surface area contributed by atoms with Gasteiger partial charge in [-0.1, -0.05) is 29.8 Å². The summed E-state index contributed by atoms with van der Waals surface area (Å²) in [5.74, 6) is -0.782. The zero-order valence-electron chi connectivity index (χ0n) is 9.34. The van der Waals surface area contributed by atoms with Gasteiger partial charge in [0.05, 0.1) is 5.38 Å². The molecule has 1 atom stereocenters. The molecule has 0 saturated carbocycles. The van der Waals surface area contributed by atoms with Gasteiger partial charge >= 0.3 is 0 Å². The van der Waals surface area contributed by atoms with Gasteiger partial charge in [-0.25, -0.2) is 8.78 Å². The molecule has 0 amide bonds. The molecule has 0 nitrogen and oxygen atoms in total. The summed E-state index contributed by atoms with van der Waals surface area (Å²) in [6, 6.07) is 10.5. The van der Waals surface area contributed by atoms with Gasteiger partial charge in [0, 0.05) is 10.6 Å². The van der Waals surface area contributed by atoms with Crippen molar-refractivity contribution in [1.29, 1.82) is 0 Å². The van der Waals surface area contributed by atoms with Crippen LogP contribution in [0.15, 0.2) is 42.5 Å². The lowest BCUT2D eigenvalue weighted by Gasteiger charge is -2.12. The molecule has 4 heteroatoms. The first kappa shape index (κ1) is 13.3. The van der Waals surface area contributed by atoms with E-state index in [1.165, 1.54) is 24.3 Å². The molecule has 18 heavy (non-hydrogen) atoms. The molecule has 2 aromatic rings. The third-order valence-corrected chi connectivity index (χ3v) is 3.32. The Hall–Kier alpha value is -1.12. The van der Waals surface area contributed by atoms with Crippen LogP contribution in [0.5, 0.6) is 0 Å². The minimum absolute atomic E-state index is 0.255. The number of hydrogen-bond acceptors (Lipinski definition) is 0. The predicted molar refractivity (Wildman–Crippen MR) is 70.1 cm³/mol. The summed E-state index contributed by atoms with van der Waals surface area (Å²) < 4.78 is 26.7. The van der Waals surface area contributed by atoms with E-state index in [0.29, 0.717) is 12.0 Å². The van der Waals surface area contributed by atoms with Crippen LogP contribution in [-0.4, -0.2) is 0 Å². The molecule has 2 rings (SSSR count). The van der Waals surface area contributed by atoms with E-state index in [4.69, 9.17) is 23.2 Å². The van der Waals surface area contributed by atoms with E-state index in [1.54, 1.807) is 18.2 Å². The van der Waals surface area contributed by atoms with Crippen LogP contribution in [0.2, 0.25) is 5.02 Å². The lowest BCUT2D eigenvalue weighted by molar-refractivity contribution is 0.604. The SMILES string of the molecule is Fc1cccc(CC(Cl)c2c(F)cccc2Cl)c1. The van der Waals surface area contributed by atoms with E-state index in [9.17, 15) is 8.78 Å². The zero-order chi connectivity index (χ0) is 13.1. The molecule has 0 bridgehead atoms. The molecule has 0 spiro atoms. The first-order valence-corrected chi connectivity index (χ1v) is 6.22. The summed E-state index contributed by atoms with van der Waals surface area (Å²) in [5, 5.41) is -0.341. The summed E-state index contributed by atoms with van der Waals surface area (Å²) in [6.45, 7) is 0. The Morgan fingerprint density at radius 2 is 1.78 bits per heavy atom. The molecule has 1 unspecified atom stereocenters. The molecule has 0 heterocycles. The zero-order valence-corrected chi connectivity index (χ0v) is 10.8. The van der Waals surface area contributed by atoms with Crippen LogP contribution >= 0.6 is 23.2 Å². The van der Waals surface area contributed by atoms with Gasteiger partial charge in [0.15, 0.2) is 0 Å². The monoisotopic (exact) mass is 286 g/mol. The average Bonchev–Trinajstić information content (AvgIpc) is 2.28. The van der Waals surface area contributed by atoms with E-state index in [0.717, 1.165) is 0 Å².